The number of halogens is 1. The molecule has 6 nitrogen and oxygen atoms in total. The number of aryl methyl sites for hydroxylation is 1. The van der Waals surface area contributed by atoms with Gasteiger partial charge in [-0.15, -0.1) is 10.2 Å². The third kappa shape index (κ3) is 4.85. The van der Waals surface area contributed by atoms with E-state index < -0.39 is 0 Å². The number of anilines is 2. The molecule has 3 rings (SSSR count). The van der Waals surface area contributed by atoms with E-state index in [1.165, 1.54) is 11.8 Å². The molecule has 2 aromatic carbocycles. The predicted octanol–water partition coefficient (Wildman–Crippen LogP) is 4.42. The lowest BCUT2D eigenvalue weighted by atomic mass is 10.2. The molecule has 1 amide bonds. The van der Waals surface area contributed by atoms with Crippen molar-refractivity contribution in [3.63, 3.8) is 0 Å². The van der Waals surface area contributed by atoms with Crippen molar-refractivity contribution in [1.82, 2.24) is 14.8 Å². The third-order valence-corrected chi connectivity index (χ3v) is 5.68. The van der Waals surface area contributed by atoms with Crippen LogP contribution < -0.4 is 10.2 Å². The summed E-state index contributed by atoms with van der Waals surface area (Å²) in [7, 11) is 2.01. The van der Waals surface area contributed by atoms with Crippen molar-refractivity contribution >= 4 is 40.6 Å². The second-order valence-electron chi connectivity index (χ2n) is 6.32. The minimum Gasteiger partial charge on any atom is -0.375 e. The molecule has 1 heterocycles. The first kappa shape index (κ1) is 20.2. The summed E-state index contributed by atoms with van der Waals surface area (Å²) in [5.41, 5.74) is 3.70. The van der Waals surface area contributed by atoms with E-state index in [4.69, 9.17) is 11.6 Å². The van der Waals surface area contributed by atoms with Crippen LogP contribution in [0.5, 0.6) is 0 Å². The van der Waals surface area contributed by atoms with Crippen molar-refractivity contribution in [2.75, 3.05) is 29.6 Å². The second-order valence-corrected chi connectivity index (χ2v) is 7.67. The number of hydrogen-bond acceptors (Lipinski definition) is 5. The summed E-state index contributed by atoms with van der Waals surface area (Å²) in [6.45, 7) is 4.93. The van der Waals surface area contributed by atoms with Crippen molar-refractivity contribution in [2.24, 2.45) is 0 Å². The number of carbonyl (C=O) groups is 1. The largest absolute Gasteiger partial charge is 0.375 e. The zero-order valence-corrected chi connectivity index (χ0v) is 17.6. The highest BCUT2D eigenvalue weighted by atomic mass is 35.5. The van der Waals surface area contributed by atoms with Crippen molar-refractivity contribution < 1.29 is 4.79 Å². The summed E-state index contributed by atoms with van der Waals surface area (Å²) < 4.78 is 1.82. The van der Waals surface area contributed by atoms with E-state index in [0.717, 1.165) is 29.2 Å². The predicted molar refractivity (Wildman–Crippen MR) is 116 cm³/mol. The standard InChI is InChI=1S/C20H22ClN5OS/c1-4-25(3)16-7-5-6-15(10-16)23-19(27)12-28-20-24-22-13-26(20)17-9-8-14(2)18(21)11-17/h5-11,13H,4,12H2,1-3H3,(H,23,27). The van der Waals surface area contributed by atoms with E-state index in [-0.39, 0.29) is 11.7 Å². The first-order valence-electron chi connectivity index (χ1n) is 8.88. The van der Waals surface area contributed by atoms with Gasteiger partial charge in [0, 0.05) is 30.0 Å². The molecule has 0 unspecified atom stereocenters. The van der Waals surface area contributed by atoms with Crippen LogP contribution in [-0.4, -0.2) is 40.0 Å². The quantitative estimate of drug-likeness (QED) is 0.579. The van der Waals surface area contributed by atoms with Crippen LogP contribution in [-0.2, 0) is 4.79 Å². The van der Waals surface area contributed by atoms with E-state index >= 15 is 0 Å². The van der Waals surface area contributed by atoms with Crippen LogP contribution in [0.25, 0.3) is 5.69 Å². The molecule has 146 valence electrons. The highest BCUT2D eigenvalue weighted by Crippen LogP contribution is 2.24. The Morgan fingerprint density at radius 2 is 2.11 bits per heavy atom. The minimum atomic E-state index is -0.0993. The average molecular weight is 416 g/mol. The average Bonchev–Trinajstić information content (AvgIpc) is 3.16. The molecule has 3 aromatic rings. The van der Waals surface area contributed by atoms with Gasteiger partial charge in [-0.3, -0.25) is 9.36 Å². The zero-order chi connectivity index (χ0) is 20.1. The van der Waals surface area contributed by atoms with Gasteiger partial charge in [0.15, 0.2) is 5.16 Å². The van der Waals surface area contributed by atoms with E-state index in [9.17, 15) is 4.79 Å². The monoisotopic (exact) mass is 415 g/mol. The lowest BCUT2D eigenvalue weighted by Crippen LogP contribution is -2.17. The fraction of sp³-hybridized carbons (Fsp3) is 0.250. The van der Waals surface area contributed by atoms with Gasteiger partial charge in [0.25, 0.3) is 0 Å². The summed E-state index contributed by atoms with van der Waals surface area (Å²) in [5, 5.41) is 12.3. The molecule has 0 bridgehead atoms. The Balaban J connectivity index is 1.64. The minimum absolute atomic E-state index is 0.0993. The Morgan fingerprint density at radius 3 is 2.86 bits per heavy atom. The Labute approximate surface area is 173 Å². The molecule has 0 spiro atoms. The number of hydrogen-bond donors (Lipinski definition) is 1. The van der Waals surface area contributed by atoms with Gasteiger partial charge >= 0.3 is 0 Å². The second kappa shape index (κ2) is 9.12. The first-order chi connectivity index (χ1) is 13.5. The number of amides is 1. The molecule has 0 aliphatic carbocycles. The first-order valence-corrected chi connectivity index (χ1v) is 10.2. The summed E-state index contributed by atoms with van der Waals surface area (Å²) in [6, 6.07) is 13.5. The number of carbonyl (C=O) groups excluding carboxylic acids is 1. The Hall–Kier alpha value is -2.51. The highest BCUT2D eigenvalue weighted by Gasteiger charge is 2.11. The number of nitrogens with zero attached hydrogens (tertiary/aromatic N) is 4. The molecule has 8 heteroatoms. The molecule has 1 N–H and O–H groups in total. The van der Waals surface area contributed by atoms with Crippen LogP contribution in [0, 0.1) is 6.92 Å². The smallest absolute Gasteiger partial charge is 0.234 e. The van der Waals surface area contributed by atoms with Gasteiger partial charge in [0.1, 0.15) is 6.33 Å². The Bertz CT molecular complexity index is 975. The molecule has 0 saturated carbocycles. The summed E-state index contributed by atoms with van der Waals surface area (Å²) in [5.74, 6) is 0.129. The van der Waals surface area contributed by atoms with Crippen LogP contribution in [0.1, 0.15) is 12.5 Å². The maximum Gasteiger partial charge on any atom is 0.234 e. The summed E-state index contributed by atoms with van der Waals surface area (Å²) in [4.78, 5) is 14.5. The van der Waals surface area contributed by atoms with Crippen LogP contribution in [0.3, 0.4) is 0 Å². The molecule has 0 aliphatic heterocycles. The number of benzene rings is 2. The molecule has 1 aromatic heterocycles. The van der Waals surface area contributed by atoms with Gasteiger partial charge in [0.05, 0.1) is 11.4 Å². The van der Waals surface area contributed by atoms with Gasteiger partial charge in [-0.2, -0.15) is 0 Å². The van der Waals surface area contributed by atoms with Gasteiger partial charge in [0.2, 0.25) is 5.91 Å². The Kier molecular flexibility index (Phi) is 6.59. The van der Waals surface area contributed by atoms with Gasteiger partial charge in [-0.1, -0.05) is 35.5 Å². The molecule has 0 aliphatic rings. The summed E-state index contributed by atoms with van der Waals surface area (Å²) >= 11 is 7.54. The number of aromatic nitrogens is 3. The zero-order valence-electron chi connectivity index (χ0n) is 16.0. The molecule has 0 atom stereocenters. The van der Waals surface area contributed by atoms with Gasteiger partial charge in [-0.05, 0) is 49.7 Å². The van der Waals surface area contributed by atoms with Gasteiger partial charge < -0.3 is 10.2 Å². The van der Waals surface area contributed by atoms with E-state index in [1.807, 2.05) is 61.0 Å². The topological polar surface area (TPSA) is 63.1 Å². The van der Waals surface area contributed by atoms with Gasteiger partial charge in [-0.25, -0.2) is 0 Å². The third-order valence-electron chi connectivity index (χ3n) is 4.33. The van der Waals surface area contributed by atoms with Crippen molar-refractivity contribution in [1.29, 1.82) is 0 Å². The van der Waals surface area contributed by atoms with E-state index in [2.05, 4.69) is 27.3 Å². The fourth-order valence-corrected chi connectivity index (χ4v) is 3.47. The number of thioether (sulfide) groups is 1. The van der Waals surface area contributed by atoms with Crippen LogP contribution >= 0.6 is 23.4 Å². The lowest BCUT2D eigenvalue weighted by Gasteiger charge is -2.17. The fourth-order valence-electron chi connectivity index (χ4n) is 2.56. The van der Waals surface area contributed by atoms with E-state index in [0.29, 0.717) is 10.2 Å². The molecule has 0 radical (unpaired) electrons. The normalized spacial score (nSPS) is 10.7. The number of nitrogens with one attached hydrogen (secondary N) is 1. The number of rotatable bonds is 7. The maximum absolute atomic E-state index is 12.4. The molecular weight excluding hydrogens is 394 g/mol. The lowest BCUT2D eigenvalue weighted by molar-refractivity contribution is -0.113. The van der Waals surface area contributed by atoms with Crippen LogP contribution in [0.4, 0.5) is 11.4 Å². The maximum atomic E-state index is 12.4. The highest BCUT2D eigenvalue weighted by molar-refractivity contribution is 7.99. The van der Waals surface area contributed by atoms with Crippen molar-refractivity contribution in [3.05, 3.63) is 59.4 Å². The van der Waals surface area contributed by atoms with Crippen molar-refractivity contribution in [2.45, 2.75) is 19.0 Å². The van der Waals surface area contributed by atoms with Crippen molar-refractivity contribution in [3.8, 4) is 5.69 Å². The molecule has 0 fully saturated rings. The van der Waals surface area contributed by atoms with E-state index in [1.54, 1.807) is 6.33 Å². The van der Waals surface area contributed by atoms with Crippen LogP contribution in [0.15, 0.2) is 53.9 Å². The van der Waals surface area contributed by atoms with Crippen LogP contribution in [0.2, 0.25) is 5.02 Å². The SMILES string of the molecule is CCN(C)c1cccc(NC(=O)CSc2nncn2-c2ccc(C)c(Cl)c2)c1. The summed E-state index contributed by atoms with van der Waals surface area (Å²) in [6.07, 6.45) is 1.62. The molecular formula is C20H22ClN5OS. The molecule has 28 heavy (non-hydrogen) atoms. The Morgan fingerprint density at radius 1 is 1.29 bits per heavy atom. The molecule has 0 saturated heterocycles.